The number of nitrogens with zero attached hydrogens (tertiary/aromatic N) is 1. The van der Waals surface area contributed by atoms with Crippen LogP contribution in [0.5, 0.6) is 5.75 Å². The molecule has 0 radical (unpaired) electrons. The molecule has 5 nitrogen and oxygen atoms in total. The van der Waals surface area contributed by atoms with Crippen LogP contribution in [0.2, 0.25) is 38.8 Å². The molecule has 220 valence electrons. The highest BCUT2D eigenvalue weighted by Gasteiger charge is 2.38. The Morgan fingerprint density at radius 2 is 1.38 bits per heavy atom. The van der Waals surface area contributed by atoms with Gasteiger partial charge in [0.05, 0.1) is 38.1 Å². The topological polar surface area (TPSA) is 60.7 Å². The van der Waals surface area contributed by atoms with E-state index in [1.54, 1.807) is 0 Å². The van der Waals surface area contributed by atoms with Crippen LogP contribution in [0.25, 0.3) is 11.1 Å². The fraction of sp³-hybridized carbons (Fsp3) is 0.606. The molecule has 40 heavy (non-hydrogen) atoms. The lowest BCUT2D eigenvalue weighted by molar-refractivity contribution is -0.153. The second-order valence-corrected chi connectivity index (χ2v) is 22.1. The Balaban J connectivity index is 1.19. The van der Waals surface area contributed by atoms with E-state index in [-0.39, 0.29) is 5.41 Å². The van der Waals surface area contributed by atoms with Gasteiger partial charge in [-0.1, -0.05) is 56.4 Å². The summed E-state index contributed by atoms with van der Waals surface area (Å²) in [4.78, 5) is 0. The van der Waals surface area contributed by atoms with Crippen molar-refractivity contribution in [3.8, 4) is 22.9 Å². The summed E-state index contributed by atoms with van der Waals surface area (Å²) >= 11 is 0. The Kier molecular flexibility index (Phi) is 12.9. The number of unbranched alkanes of at least 4 members (excludes halogenated alkanes) is 5. The minimum absolute atomic E-state index is 0.255. The van der Waals surface area contributed by atoms with Crippen molar-refractivity contribution in [3.63, 3.8) is 0 Å². The van der Waals surface area contributed by atoms with Gasteiger partial charge < -0.3 is 18.3 Å². The Labute approximate surface area is 245 Å². The van der Waals surface area contributed by atoms with E-state index in [0.717, 1.165) is 62.8 Å². The van der Waals surface area contributed by atoms with E-state index < -0.39 is 16.6 Å². The predicted molar refractivity (Wildman–Crippen MR) is 170 cm³/mol. The van der Waals surface area contributed by atoms with E-state index in [4.69, 9.17) is 23.6 Å². The molecular formula is C33H51NO4Si2. The maximum atomic E-state index is 8.95. The van der Waals surface area contributed by atoms with Crippen LogP contribution in [0.4, 0.5) is 0 Å². The molecule has 0 amide bonds. The zero-order chi connectivity index (χ0) is 28.9. The Morgan fingerprint density at radius 3 is 1.95 bits per heavy atom. The maximum absolute atomic E-state index is 8.95. The van der Waals surface area contributed by atoms with Crippen LogP contribution in [0, 0.1) is 16.7 Å². The average Bonchev–Trinajstić information content (AvgIpc) is 2.89. The first-order valence-corrected chi connectivity index (χ1v) is 21.7. The SMILES string of the molecule is C[Si](C)(C)O[Si](C)(C)CCCOCC1(CCCCCCCCOc2ccc(-c3ccc(C#N)cc3)cc2)COC1. The van der Waals surface area contributed by atoms with Crippen LogP contribution in [-0.2, 0) is 13.6 Å². The molecule has 0 bridgehead atoms. The van der Waals surface area contributed by atoms with E-state index in [1.165, 1.54) is 44.6 Å². The molecule has 2 aromatic carbocycles. The van der Waals surface area contributed by atoms with Crippen LogP contribution in [-0.4, -0.2) is 49.7 Å². The van der Waals surface area contributed by atoms with Crippen LogP contribution in [0.1, 0.15) is 56.9 Å². The van der Waals surface area contributed by atoms with E-state index in [2.05, 4.69) is 50.9 Å². The van der Waals surface area contributed by atoms with Crippen molar-refractivity contribution in [2.45, 2.75) is 90.1 Å². The van der Waals surface area contributed by atoms with Gasteiger partial charge >= 0.3 is 0 Å². The molecule has 1 fully saturated rings. The lowest BCUT2D eigenvalue weighted by Gasteiger charge is -2.41. The third-order valence-electron chi connectivity index (χ3n) is 7.45. The summed E-state index contributed by atoms with van der Waals surface area (Å²) in [7, 11) is -3.02. The Morgan fingerprint density at radius 1 is 0.775 bits per heavy atom. The van der Waals surface area contributed by atoms with Gasteiger partial charge in [0.1, 0.15) is 5.75 Å². The van der Waals surface area contributed by atoms with Gasteiger partial charge in [-0.25, -0.2) is 0 Å². The van der Waals surface area contributed by atoms with Crippen LogP contribution in [0.15, 0.2) is 48.5 Å². The summed E-state index contributed by atoms with van der Waals surface area (Å²) in [5, 5.41) is 8.95. The molecule has 0 spiro atoms. The summed E-state index contributed by atoms with van der Waals surface area (Å²) < 4.78 is 24.1. The third kappa shape index (κ3) is 11.9. The second kappa shape index (κ2) is 15.9. The highest BCUT2D eigenvalue weighted by atomic mass is 28.4. The lowest BCUT2D eigenvalue weighted by Crippen LogP contribution is -2.46. The third-order valence-corrected chi connectivity index (χ3v) is 13.7. The summed E-state index contributed by atoms with van der Waals surface area (Å²) in [5.41, 5.74) is 3.18. The van der Waals surface area contributed by atoms with Crippen LogP contribution < -0.4 is 4.74 Å². The Hall–Kier alpha value is -1.96. The first-order chi connectivity index (χ1) is 19.1. The quantitative estimate of drug-likeness (QED) is 0.123. The van der Waals surface area contributed by atoms with E-state index in [0.29, 0.717) is 5.56 Å². The van der Waals surface area contributed by atoms with Crippen molar-refractivity contribution in [3.05, 3.63) is 54.1 Å². The van der Waals surface area contributed by atoms with Gasteiger partial charge in [0.2, 0.25) is 0 Å². The Bertz CT molecular complexity index is 1040. The van der Waals surface area contributed by atoms with Crippen LogP contribution >= 0.6 is 0 Å². The monoisotopic (exact) mass is 581 g/mol. The predicted octanol–water partition coefficient (Wildman–Crippen LogP) is 8.81. The fourth-order valence-corrected chi connectivity index (χ4v) is 13.5. The van der Waals surface area contributed by atoms with Crippen molar-refractivity contribution in [1.82, 2.24) is 0 Å². The molecule has 0 aromatic heterocycles. The number of nitriles is 1. The maximum Gasteiger partial charge on any atom is 0.173 e. The van der Waals surface area contributed by atoms with Crippen LogP contribution in [0.3, 0.4) is 0 Å². The molecular weight excluding hydrogens is 531 g/mol. The first kappa shape index (κ1) is 32.6. The van der Waals surface area contributed by atoms with E-state index >= 15 is 0 Å². The molecule has 1 aliphatic heterocycles. The molecule has 3 rings (SSSR count). The van der Waals surface area contributed by atoms with Gasteiger partial charge in [-0.2, -0.15) is 5.26 Å². The normalized spacial score (nSPS) is 14.9. The summed E-state index contributed by atoms with van der Waals surface area (Å²) in [6.07, 6.45) is 9.72. The summed E-state index contributed by atoms with van der Waals surface area (Å²) in [5.74, 6) is 0.915. The van der Waals surface area contributed by atoms with Crippen molar-refractivity contribution in [2.75, 3.05) is 33.0 Å². The minimum atomic E-state index is -1.56. The zero-order valence-electron chi connectivity index (χ0n) is 25.6. The van der Waals surface area contributed by atoms with Crippen molar-refractivity contribution < 1.29 is 18.3 Å². The lowest BCUT2D eigenvalue weighted by atomic mass is 9.81. The van der Waals surface area contributed by atoms with Gasteiger partial charge in [0, 0.05) is 12.0 Å². The summed E-state index contributed by atoms with van der Waals surface area (Å²) in [6, 6.07) is 19.2. The van der Waals surface area contributed by atoms with Crippen molar-refractivity contribution in [1.29, 1.82) is 5.26 Å². The molecule has 0 atom stereocenters. The molecule has 0 saturated carbocycles. The fourth-order valence-electron chi connectivity index (χ4n) is 5.44. The van der Waals surface area contributed by atoms with Gasteiger partial charge in [-0.05, 0) is 93.4 Å². The smallest absolute Gasteiger partial charge is 0.173 e. The molecule has 1 heterocycles. The number of benzene rings is 2. The van der Waals surface area contributed by atoms with Gasteiger partial charge in [0.15, 0.2) is 16.6 Å². The first-order valence-electron chi connectivity index (χ1n) is 15.2. The second-order valence-electron chi connectivity index (χ2n) is 13.1. The molecule has 0 N–H and O–H groups in total. The molecule has 0 aliphatic carbocycles. The van der Waals surface area contributed by atoms with E-state index in [9.17, 15) is 0 Å². The molecule has 0 unspecified atom stereocenters. The molecule has 2 aromatic rings. The number of rotatable bonds is 19. The largest absolute Gasteiger partial charge is 0.494 e. The average molecular weight is 582 g/mol. The minimum Gasteiger partial charge on any atom is -0.494 e. The van der Waals surface area contributed by atoms with Gasteiger partial charge in [-0.15, -0.1) is 0 Å². The van der Waals surface area contributed by atoms with Crippen molar-refractivity contribution in [2.24, 2.45) is 5.41 Å². The highest BCUT2D eigenvalue weighted by molar-refractivity contribution is 6.84. The molecule has 7 heteroatoms. The van der Waals surface area contributed by atoms with Crippen molar-refractivity contribution >= 4 is 16.6 Å². The number of ether oxygens (including phenoxy) is 3. The summed E-state index contributed by atoms with van der Waals surface area (Å²) in [6.45, 7) is 15.7. The van der Waals surface area contributed by atoms with Gasteiger partial charge in [-0.3, -0.25) is 0 Å². The standard InChI is InChI=1S/C33H51NO4Si2/c1-39(2,3)38-40(4,5)24-12-22-35-26-33(27-36-28-33)21-10-8-6-7-9-11-23-37-32-19-17-31(18-20-32)30-15-13-29(25-34)14-16-30/h13-20H,6-12,21-24,26-28H2,1-5H3. The highest BCUT2D eigenvalue weighted by Crippen LogP contribution is 2.34. The zero-order valence-corrected chi connectivity index (χ0v) is 27.6. The number of hydrogen-bond donors (Lipinski definition) is 0. The number of hydrogen-bond acceptors (Lipinski definition) is 5. The van der Waals surface area contributed by atoms with E-state index in [1.807, 2.05) is 36.4 Å². The molecule has 1 aliphatic rings. The van der Waals surface area contributed by atoms with Gasteiger partial charge in [0.25, 0.3) is 0 Å². The molecule has 1 saturated heterocycles.